The normalized spacial score (nSPS) is 10.2. The van der Waals surface area contributed by atoms with Gasteiger partial charge in [-0.1, -0.05) is 0 Å². The fraction of sp³-hybridized carbons (Fsp3) is 0.200. The first-order valence-corrected chi connectivity index (χ1v) is 6.86. The molecule has 126 valence electrons. The quantitative estimate of drug-likeness (QED) is 0.368. The second-order valence-electron chi connectivity index (χ2n) is 4.94. The summed E-state index contributed by atoms with van der Waals surface area (Å²) in [5.74, 6) is -0.700. The molecule has 24 heavy (non-hydrogen) atoms. The summed E-state index contributed by atoms with van der Waals surface area (Å²) in [5.41, 5.74) is 4.93. The highest BCUT2D eigenvalue weighted by atomic mass is 16.6. The monoisotopic (exact) mass is 333 g/mol. The van der Waals surface area contributed by atoms with E-state index in [1.807, 2.05) is 0 Å². The number of amides is 1. The highest BCUT2D eigenvalue weighted by Gasteiger charge is 2.18. The number of nitrogen functional groups attached to an aromatic ring is 1. The van der Waals surface area contributed by atoms with Crippen molar-refractivity contribution in [3.63, 3.8) is 0 Å². The minimum Gasteiger partial charge on any atom is -0.467 e. The van der Waals surface area contributed by atoms with Crippen molar-refractivity contribution >= 4 is 23.3 Å². The lowest BCUT2D eigenvalue weighted by molar-refractivity contribution is -0.383. The third-order valence-electron chi connectivity index (χ3n) is 3.19. The van der Waals surface area contributed by atoms with Crippen molar-refractivity contribution in [2.75, 3.05) is 19.4 Å². The smallest absolute Gasteiger partial charge is 0.338 e. The van der Waals surface area contributed by atoms with Crippen LogP contribution < -0.4 is 5.73 Å². The molecule has 2 rings (SSSR count). The lowest BCUT2D eigenvalue weighted by atomic mass is 10.2. The molecule has 0 aliphatic heterocycles. The van der Waals surface area contributed by atoms with E-state index in [0.29, 0.717) is 5.76 Å². The number of anilines is 1. The van der Waals surface area contributed by atoms with E-state index < -0.39 is 29.1 Å². The number of rotatable bonds is 6. The van der Waals surface area contributed by atoms with E-state index in [1.165, 1.54) is 30.3 Å². The summed E-state index contributed by atoms with van der Waals surface area (Å²) in [4.78, 5) is 35.3. The third kappa shape index (κ3) is 4.09. The molecule has 2 aromatic rings. The molecule has 2 N–H and O–H groups in total. The molecule has 0 aliphatic rings. The van der Waals surface area contributed by atoms with Crippen LogP contribution in [0.25, 0.3) is 0 Å². The van der Waals surface area contributed by atoms with Gasteiger partial charge in [-0.2, -0.15) is 0 Å². The predicted octanol–water partition coefficient (Wildman–Crippen LogP) is 1.59. The van der Waals surface area contributed by atoms with Crippen LogP contribution in [-0.4, -0.2) is 35.4 Å². The summed E-state index contributed by atoms with van der Waals surface area (Å²) < 4.78 is 10.00. The lowest BCUT2D eigenvalue weighted by Crippen LogP contribution is -2.30. The van der Waals surface area contributed by atoms with E-state index >= 15 is 0 Å². The number of esters is 1. The first kappa shape index (κ1) is 17.0. The van der Waals surface area contributed by atoms with Gasteiger partial charge in [0.2, 0.25) is 0 Å². The maximum atomic E-state index is 11.9. The van der Waals surface area contributed by atoms with E-state index in [9.17, 15) is 19.7 Å². The average molecular weight is 333 g/mol. The molecule has 0 unspecified atom stereocenters. The van der Waals surface area contributed by atoms with Crippen LogP contribution in [0, 0.1) is 10.1 Å². The number of nitrogens with two attached hydrogens (primary N) is 1. The molecule has 0 bridgehead atoms. The zero-order chi connectivity index (χ0) is 17.7. The van der Waals surface area contributed by atoms with Crippen LogP contribution in [0.1, 0.15) is 16.1 Å². The third-order valence-corrected chi connectivity index (χ3v) is 3.19. The van der Waals surface area contributed by atoms with Gasteiger partial charge in [0.25, 0.3) is 11.6 Å². The van der Waals surface area contributed by atoms with Gasteiger partial charge in [-0.15, -0.1) is 0 Å². The first-order chi connectivity index (χ1) is 11.4. The van der Waals surface area contributed by atoms with Crippen LogP contribution >= 0.6 is 0 Å². The van der Waals surface area contributed by atoms with Gasteiger partial charge in [0.1, 0.15) is 11.4 Å². The molecule has 9 heteroatoms. The number of furan rings is 1. The number of carbonyl (C=O) groups is 2. The number of ether oxygens (including phenoxy) is 1. The maximum absolute atomic E-state index is 11.9. The zero-order valence-corrected chi connectivity index (χ0v) is 12.8. The summed E-state index contributed by atoms with van der Waals surface area (Å²) in [6, 6.07) is 6.95. The fourth-order valence-electron chi connectivity index (χ4n) is 1.87. The molecule has 0 saturated carbocycles. The van der Waals surface area contributed by atoms with Crippen molar-refractivity contribution in [2.45, 2.75) is 6.54 Å². The van der Waals surface area contributed by atoms with E-state index in [0.717, 1.165) is 6.07 Å². The predicted molar refractivity (Wildman–Crippen MR) is 83.0 cm³/mol. The molecule has 0 saturated heterocycles. The molecular formula is C15H15N3O6. The lowest BCUT2D eigenvalue weighted by Gasteiger charge is -2.15. The van der Waals surface area contributed by atoms with Crippen molar-refractivity contribution in [3.8, 4) is 0 Å². The van der Waals surface area contributed by atoms with Gasteiger partial charge in [-0.25, -0.2) is 4.79 Å². The van der Waals surface area contributed by atoms with Crippen molar-refractivity contribution in [1.29, 1.82) is 0 Å². The minimum absolute atomic E-state index is 0.0580. The first-order valence-electron chi connectivity index (χ1n) is 6.86. The van der Waals surface area contributed by atoms with Crippen LogP contribution in [0.3, 0.4) is 0 Å². The SMILES string of the molecule is CN(Cc1ccco1)C(=O)COC(=O)c1ccc(N)c([N+](=O)[O-])c1. The Labute approximate surface area is 136 Å². The Balaban J connectivity index is 1.94. The Morgan fingerprint density at radius 1 is 1.38 bits per heavy atom. The molecule has 1 aromatic heterocycles. The van der Waals surface area contributed by atoms with E-state index in [-0.39, 0.29) is 17.8 Å². The molecule has 0 spiro atoms. The zero-order valence-electron chi connectivity index (χ0n) is 12.8. The number of nitrogens with zero attached hydrogens (tertiary/aromatic N) is 2. The van der Waals surface area contributed by atoms with Crippen LogP contribution in [0.15, 0.2) is 41.0 Å². The molecule has 1 heterocycles. The summed E-state index contributed by atoms with van der Waals surface area (Å²) in [6.45, 7) is -0.259. The standard InChI is InChI=1S/C15H15N3O6/c1-17(8-11-3-2-6-23-11)14(19)9-24-15(20)10-4-5-12(16)13(7-10)18(21)22/h2-7H,8-9,16H2,1H3. The average Bonchev–Trinajstić information content (AvgIpc) is 3.05. The highest BCUT2D eigenvalue weighted by molar-refractivity contribution is 5.92. The maximum Gasteiger partial charge on any atom is 0.338 e. The number of hydrogen-bond donors (Lipinski definition) is 1. The van der Waals surface area contributed by atoms with Gasteiger partial charge in [0.15, 0.2) is 6.61 Å². The van der Waals surface area contributed by atoms with Gasteiger partial charge >= 0.3 is 5.97 Å². The summed E-state index contributed by atoms with van der Waals surface area (Å²) >= 11 is 0. The van der Waals surface area contributed by atoms with Crippen LogP contribution in [-0.2, 0) is 16.1 Å². The topological polar surface area (TPSA) is 129 Å². The number of nitro groups is 1. The van der Waals surface area contributed by atoms with Gasteiger partial charge in [0, 0.05) is 13.1 Å². The number of benzene rings is 1. The Morgan fingerprint density at radius 2 is 2.12 bits per heavy atom. The fourth-order valence-corrected chi connectivity index (χ4v) is 1.87. The molecule has 0 atom stereocenters. The van der Waals surface area contributed by atoms with Crippen molar-refractivity contribution in [1.82, 2.24) is 4.90 Å². The van der Waals surface area contributed by atoms with Gasteiger partial charge in [0.05, 0.1) is 23.3 Å². The second-order valence-corrected chi connectivity index (χ2v) is 4.94. The van der Waals surface area contributed by atoms with Crippen molar-refractivity contribution < 1.29 is 23.7 Å². The van der Waals surface area contributed by atoms with Crippen LogP contribution in [0.4, 0.5) is 11.4 Å². The van der Waals surface area contributed by atoms with Crippen LogP contribution in [0.2, 0.25) is 0 Å². The summed E-state index contributed by atoms with van der Waals surface area (Å²) in [5, 5.41) is 10.8. The Kier molecular flexibility index (Phi) is 5.15. The van der Waals surface area contributed by atoms with Gasteiger partial charge in [-0.05, 0) is 24.3 Å². The van der Waals surface area contributed by atoms with Crippen molar-refractivity contribution in [2.24, 2.45) is 0 Å². The summed E-state index contributed by atoms with van der Waals surface area (Å²) in [7, 11) is 1.53. The molecule has 9 nitrogen and oxygen atoms in total. The molecule has 0 aliphatic carbocycles. The molecule has 0 radical (unpaired) electrons. The van der Waals surface area contributed by atoms with Gasteiger partial charge in [-0.3, -0.25) is 14.9 Å². The van der Waals surface area contributed by atoms with Crippen molar-refractivity contribution in [3.05, 3.63) is 58.0 Å². The second kappa shape index (κ2) is 7.27. The van der Waals surface area contributed by atoms with E-state index in [2.05, 4.69) is 0 Å². The number of carbonyl (C=O) groups excluding carboxylic acids is 2. The molecular weight excluding hydrogens is 318 g/mol. The Hall–Kier alpha value is -3.36. The largest absolute Gasteiger partial charge is 0.467 e. The minimum atomic E-state index is -0.849. The molecule has 1 aromatic carbocycles. The summed E-state index contributed by atoms with van der Waals surface area (Å²) in [6.07, 6.45) is 1.49. The number of likely N-dealkylation sites (N-methyl/N-ethyl adjacent to an activating group) is 1. The number of nitro benzene ring substituents is 1. The number of hydrogen-bond acceptors (Lipinski definition) is 7. The Morgan fingerprint density at radius 3 is 2.75 bits per heavy atom. The Bertz CT molecular complexity index is 757. The molecule has 1 amide bonds. The highest BCUT2D eigenvalue weighted by Crippen LogP contribution is 2.22. The van der Waals surface area contributed by atoms with Gasteiger partial charge < -0.3 is 19.8 Å². The van der Waals surface area contributed by atoms with E-state index in [1.54, 1.807) is 12.1 Å². The van der Waals surface area contributed by atoms with Crippen LogP contribution in [0.5, 0.6) is 0 Å². The molecule has 0 fully saturated rings. The van der Waals surface area contributed by atoms with E-state index in [4.69, 9.17) is 14.9 Å².